The van der Waals surface area contributed by atoms with Crippen molar-refractivity contribution in [1.29, 1.82) is 0 Å². The summed E-state index contributed by atoms with van der Waals surface area (Å²) >= 11 is 1.32. The number of carboxylic acids is 1. The molecule has 0 amide bonds. The van der Waals surface area contributed by atoms with E-state index in [9.17, 15) is 4.79 Å². The Kier molecular flexibility index (Phi) is 4.95. The van der Waals surface area contributed by atoms with Crippen molar-refractivity contribution in [2.45, 2.75) is 6.42 Å². The Bertz CT molecular complexity index is 557. The van der Waals surface area contributed by atoms with Crippen LogP contribution in [0.15, 0.2) is 35.7 Å². The number of hydrogen-bond acceptors (Lipinski definition) is 5. The van der Waals surface area contributed by atoms with Gasteiger partial charge in [-0.3, -0.25) is 0 Å². The molecule has 0 atom stereocenters. The van der Waals surface area contributed by atoms with Crippen molar-refractivity contribution in [3.63, 3.8) is 0 Å². The number of carboxylic acid groups (broad SMARTS) is 1. The van der Waals surface area contributed by atoms with Crippen molar-refractivity contribution >= 4 is 28.1 Å². The average molecular weight is 291 g/mol. The maximum absolute atomic E-state index is 10.7. The lowest BCUT2D eigenvalue weighted by Crippen LogP contribution is -2.20. The van der Waals surface area contributed by atoms with Crippen molar-refractivity contribution in [3.05, 3.63) is 41.4 Å². The Labute approximate surface area is 121 Å². The SMILES string of the molecule is CN(CCCNc1nc(C(=O)O)cs1)c1ccccc1. The predicted octanol–water partition coefficient (Wildman–Crippen LogP) is 2.78. The zero-order valence-electron chi connectivity index (χ0n) is 11.2. The Morgan fingerprint density at radius 2 is 2.15 bits per heavy atom. The molecule has 0 aliphatic rings. The van der Waals surface area contributed by atoms with Gasteiger partial charge in [-0.05, 0) is 18.6 Å². The zero-order valence-corrected chi connectivity index (χ0v) is 12.1. The second-order valence-electron chi connectivity index (χ2n) is 4.38. The van der Waals surface area contributed by atoms with E-state index in [4.69, 9.17) is 5.11 Å². The molecule has 1 heterocycles. The molecule has 6 heteroatoms. The number of carbonyl (C=O) groups is 1. The number of nitrogens with zero attached hydrogens (tertiary/aromatic N) is 2. The number of para-hydroxylation sites is 1. The highest BCUT2D eigenvalue weighted by Gasteiger charge is 2.07. The Morgan fingerprint density at radius 1 is 1.40 bits per heavy atom. The Balaban J connectivity index is 1.72. The Hall–Kier alpha value is -2.08. The van der Waals surface area contributed by atoms with Gasteiger partial charge in [-0.15, -0.1) is 11.3 Å². The molecule has 5 nitrogen and oxygen atoms in total. The highest BCUT2D eigenvalue weighted by molar-refractivity contribution is 7.13. The topological polar surface area (TPSA) is 65.5 Å². The number of nitrogens with one attached hydrogen (secondary N) is 1. The van der Waals surface area contributed by atoms with Crippen LogP contribution in [0.25, 0.3) is 0 Å². The second kappa shape index (κ2) is 6.91. The molecule has 2 N–H and O–H groups in total. The molecular weight excluding hydrogens is 274 g/mol. The molecule has 0 spiro atoms. The van der Waals surface area contributed by atoms with Gasteiger partial charge >= 0.3 is 5.97 Å². The van der Waals surface area contributed by atoms with Crippen LogP contribution in [-0.4, -0.2) is 36.2 Å². The molecule has 0 saturated heterocycles. The maximum Gasteiger partial charge on any atom is 0.355 e. The molecule has 1 aromatic heterocycles. The molecule has 0 saturated carbocycles. The fraction of sp³-hybridized carbons (Fsp3) is 0.286. The monoisotopic (exact) mass is 291 g/mol. The van der Waals surface area contributed by atoms with E-state index in [1.165, 1.54) is 17.0 Å². The maximum atomic E-state index is 10.7. The molecular formula is C14H17N3O2S. The number of benzene rings is 1. The number of hydrogen-bond donors (Lipinski definition) is 2. The minimum atomic E-state index is -0.988. The smallest absolute Gasteiger partial charge is 0.355 e. The van der Waals surface area contributed by atoms with Gasteiger partial charge in [0.15, 0.2) is 10.8 Å². The van der Waals surface area contributed by atoms with Crippen molar-refractivity contribution in [1.82, 2.24) is 4.98 Å². The second-order valence-corrected chi connectivity index (χ2v) is 5.24. The van der Waals surface area contributed by atoms with Crippen LogP contribution >= 0.6 is 11.3 Å². The summed E-state index contributed by atoms with van der Waals surface area (Å²) in [5, 5.41) is 14.1. The zero-order chi connectivity index (χ0) is 14.4. The van der Waals surface area contributed by atoms with E-state index in [-0.39, 0.29) is 5.69 Å². The summed E-state index contributed by atoms with van der Waals surface area (Å²) in [5.41, 5.74) is 1.29. The third-order valence-electron chi connectivity index (χ3n) is 2.87. The number of aromatic nitrogens is 1. The molecule has 0 aliphatic heterocycles. The molecule has 0 aliphatic carbocycles. The molecule has 2 aromatic rings. The van der Waals surface area contributed by atoms with E-state index >= 15 is 0 Å². The van der Waals surface area contributed by atoms with Crippen molar-refractivity contribution in [2.24, 2.45) is 0 Å². The lowest BCUT2D eigenvalue weighted by atomic mass is 10.3. The molecule has 106 valence electrons. The van der Waals surface area contributed by atoms with Gasteiger partial charge in [0.1, 0.15) is 0 Å². The Morgan fingerprint density at radius 3 is 2.80 bits per heavy atom. The average Bonchev–Trinajstić information content (AvgIpc) is 2.93. The molecule has 0 radical (unpaired) electrons. The van der Waals surface area contributed by atoms with Crippen LogP contribution in [0.3, 0.4) is 0 Å². The van der Waals surface area contributed by atoms with Crippen LogP contribution in [0.5, 0.6) is 0 Å². The van der Waals surface area contributed by atoms with Crippen molar-refractivity contribution in [2.75, 3.05) is 30.4 Å². The summed E-state index contributed by atoms with van der Waals surface area (Å²) in [6.07, 6.45) is 0.952. The summed E-state index contributed by atoms with van der Waals surface area (Å²) < 4.78 is 0. The summed E-state index contributed by atoms with van der Waals surface area (Å²) in [6, 6.07) is 10.2. The summed E-state index contributed by atoms with van der Waals surface area (Å²) in [5.74, 6) is -0.988. The lowest BCUT2D eigenvalue weighted by molar-refractivity contribution is 0.0691. The number of thiazole rings is 1. The summed E-state index contributed by atoms with van der Waals surface area (Å²) in [6.45, 7) is 1.69. The van der Waals surface area contributed by atoms with Gasteiger partial charge in [0.05, 0.1) is 0 Å². The van der Waals surface area contributed by atoms with Gasteiger partial charge in [-0.25, -0.2) is 9.78 Å². The third-order valence-corrected chi connectivity index (χ3v) is 3.67. The van der Waals surface area contributed by atoms with Crippen molar-refractivity contribution < 1.29 is 9.90 Å². The molecule has 0 unspecified atom stereocenters. The third kappa shape index (κ3) is 3.96. The van der Waals surface area contributed by atoms with Crippen LogP contribution in [0, 0.1) is 0 Å². The highest BCUT2D eigenvalue weighted by Crippen LogP contribution is 2.15. The molecule has 1 aromatic carbocycles. The minimum Gasteiger partial charge on any atom is -0.476 e. The fourth-order valence-electron chi connectivity index (χ4n) is 1.78. The first kappa shape index (κ1) is 14.3. The van der Waals surface area contributed by atoms with Gasteiger partial charge in [0.2, 0.25) is 0 Å². The molecule has 2 rings (SSSR count). The van der Waals surface area contributed by atoms with Gasteiger partial charge in [0.25, 0.3) is 0 Å². The molecule has 0 fully saturated rings. The summed E-state index contributed by atoms with van der Waals surface area (Å²) in [4.78, 5) is 16.9. The number of anilines is 2. The number of aromatic carboxylic acids is 1. The van der Waals surface area contributed by atoms with E-state index in [0.717, 1.165) is 19.5 Å². The van der Waals surface area contributed by atoms with Crippen LogP contribution in [0.4, 0.5) is 10.8 Å². The van der Waals surface area contributed by atoms with E-state index < -0.39 is 5.97 Å². The summed E-state index contributed by atoms with van der Waals surface area (Å²) in [7, 11) is 2.06. The van der Waals surface area contributed by atoms with Crippen LogP contribution in [0.1, 0.15) is 16.9 Å². The van der Waals surface area contributed by atoms with Crippen LogP contribution in [-0.2, 0) is 0 Å². The van der Waals surface area contributed by atoms with Gasteiger partial charge in [-0.2, -0.15) is 0 Å². The minimum absolute atomic E-state index is 0.0962. The molecule has 0 bridgehead atoms. The van der Waals surface area contributed by atoms with Gasteiger partial charge in [0, 0.05) is 31.2 Å². The van der Waals surface area contributed by atoms with E-state index in [2.05, 4.69) is 34.4 Å². The quantitative estimate of drug-likeness (QED) is 0.768. The predicted molar refractivity (Wildman–Crippen MR) is 81.9 cm³/mol. The molecule has 20 heavy (non-hydrogen) atoms. The van der Waals surface area contributed by atoms with E-state index in [0.29, 0.717) is 5.13 Å². The van der Waals surface area contributed by atoms with Crippen LogP contribution in [0.2, 0.25) is 0 Å². The standard InChI is InChI=1S/C14H17N3O2S/c1-17(11-6-3-2-4-7-11)9-5-8-15-14-16-12(10-20-14)13(18)19/h2-4,6-7,10H,5,8-9H2,1H3,(H,15,16)(H,18,19). The van der Waals surface area contributed by atoms with Gasteiger partial charge in [-0.1, -0.05) is 18.2 Å². The first-order valence-electron chi connectivity index (χ1n) is 6.35. The fourth-order valence-corrected chi connectivity index (χ4v) is 2.49. The van der Waals surface area contributed by atoms with E-state index in [1.54, 1.807) is 5.38 Å². The number of rotatable bonds is 7. The van der Waals surface area contributed by atoms with E-state index in [1.807, 2.05) is 18.2 Å². The van der Waals surface area contributed by atoms with Crippen LogP contribution < -0.4 is 10.2 Å². The van der Waals surface area contributed by atoms with Gasteiger partial charge < -0.3 is 15.3 Å². The highest BCUT2D eigenvalue weighted by atomic mass is 32.1. The van der Waals surface area contributed by atoms with Crippen molar-refractivity contribution in [3.8, 4) is 0 Å². The first-order chi connectivity index (χ1) is 9.66. The largest absolute Gasteiger partial charge is 0.476 e. The lowest BCUT2D eigenvalue weighted by Gasteiger charge is -2.19. The first-order valence-corrected chi connectivity index (χ1v) is 7.23. The normalized spacial score (nSPS) is 10.2.